The van der Waals surface area contributed by atoms with Crippen LogP contribution in [0.3, 0.4) is 0 Å². The van der Waals surface area contributed by atoms with Gasteiger partial charge >= 0.3 is 0 Å². The van der Waals surface area contributed by atoms with Crippen molar-refractivity contribution in [3.63, 3.8) is 0 Å². The van der Waals surface area contributed by atoms with Crippen molar-refractivity contribution in [3.05, 3.63) is 45.7 Å². The smallest absolute Gasteiger partial charge is 0.266 e. The number of carbonyl (C=O) groups is 1. The van der Waals surface area contributed by atoms with Gasteiger partial charge in [-0.15, -0.1) is 11.3 Å². The van der Waals surface area contributed by atoms with Crippen molar-refractivity contribution < 1.29 is 13.9 Å². The largest absolute Gasteiger partial charge is 0.491 e. The Morgan fingerprint density at radius 3 is 2.76 bits per heavy atom. The highest BCUT2D eigenvalue weighted by molar-refractivity contribution is 7.13. The highest BCUT2D eigenvalue weighted by Gasteiger charge is 2.49. The fourth-order valence-electron chi connectivity index (χ4n) is 4.18. The Morgan fingerprint density at radius 2 is 2.08 bits per heavy atom. The molecule has 2 heterocycles. The van der Waals surface area contributed by atoms with Crippen LogP contribution in [0.25, 0.3) is 0 Å². The van der Waals surface area contributed by atoms with E-state index < -0.39 is 0 Å². The van der Waals surface area contributed by atoms with Crippen LogP contribution in [0.4, 0.5) is 4.39 Å². The van der Waals surface area contributed by atoms with Crippen LogP contribution >= 0.6 is 11.3 Å². The Hall–Kier alpha value is -1.95. The van der Waals surface area contributed by atoms with Gasteiger partial charge in [0, 0.05) is 6.04 Å². The van der Waals surface area contributed by atoms with Crippen molar-refractivity contribution in [1.82, 2.24) is 9.88 Å². The Labute approximate surface area is 150 Å². The summed E-state index contributed by atoms with van der Waals surface area (Å²) in [5.74, 6) is 0.938. The van der Waals surface area contributed by atoms with Crippen molar-refractivity contribution in [1.29, 1.82) is 0 Å². The molecule has 2 aromatic rings. The molecule has 6 heteroatoms. The van der Waals surface area contributed by atoms with Gasteiger partial charge in [-0.2, -0.15) is 0 Å². The number of rotatable bonds is 4. The monoisotopic (exact) mass is 360 g/mol. The first kappa shape index (κ1) is 16.5. The summed E-state index contributed by atoms with van der Waals surface area (Å²) in [7, 11) is 0. The number of halogens is 1. The minimum atomic E-state index is -0.278. The van der Waals surface area contributed by atoms with Crippen molar-refractivity contribution in [3.8, 4) is 5.75 Å². The second-order valence-electron chi connectivity index (χ2n) is 6.92. The molecule has 1 amide bonds. The van der Waals surface area contributed by atoms with Crippen LogP contribution in [-0.4, -0.2) is 34.5 Å². The van der Waals surface area contributed by atoms with Crippen LogP contribution in [-0.2, 0) is 0 Å². The molecule has 132 valence electrons. The van der Waals surface area contributed by atoms with Crippen LogP contribution in [0.15, 0.2) is 24.3 Å². The highest BCUT2D eigenvalue weighted by atomic mass is 32.1. The minimum Gasteiger partial charge on any atom is -0.491 e. The van der Waals surface area contributed by atoms with Gasteiger partial charge < -0.3 is 9.64 Å². The number of thiazole rings is 1. The second-order valence-corrected chi connectivity index (χ2v) is 8.12. The van der Waals surface area contributed by atoms with E-state index in [9.17, 15) is 9.18 Å². The second kappa shape index (κ2) is 6.41. The molecule has 4 rings (SSSR count). The number of fused-ring (bicyclic) bond motifs is 2. The summed E-state index contributed by atoms with van der Waals surface area (Å²) in [6, 6.07) is 6.43. The number of benzene rings is 1. The average Bonchev–Trinajstić information content (AvgIpc) is 3.28. The molecule has 4 nitrogen and oxygen atoms in total. The van der Waals surface area contributed by atoms with Gasteiger partial charge in [0.2, 0.25) is 0 Å². The number of nitrogens with zero attached hydrogens (tertiary/aromatic N) is 2. The predicted octanol–water partition coefficient (Wildman–Crippen LogP) is 3.97. The number of amides is 1. The molecule has 1 saturated carbocycles. The molecule has 1 saturated heterocycles. The molecule has 2 bridgehead atoms. The number of likely N-dealkylation sites (tertiary alicyclic amines) is 1. The van der Waals surface area contributed by atoms with Gasteiger partial charge in [0.25, 0.3) is 5.91 Å². The van der Waals surface area contributed by atoms with Crippen LogP contribution in [0.5, 0.6) is 5.75 Å². The topological polar surface area (TPSA) is 42.4 Å². The normalized spacial score (nSPS) is 24.8. The van der Waals surface area contributed by atoms with Gasteiger partial charge in [0.15, 0.2) is 0 Å². The molecule has 0 radical (unpaired) electrons. The van der Waals surface area contributed by atoms with Gasteiger partial charge in [-0.25, -0.2) is 9.37 Å². The maximum atomic E-state index is 13.1. The summed E-state index contributed by atoms with van der Waals surface area (Å²) in [5, 5.41) is 0.921. The summed E-state index contributed by atoms with van der Waals surface area (Å²) in [4.78, 5) is 20.3. The Bertz CT molecular complexity index is 789. The number of aromatic nitrogens is 1. The van der Waals surface area contributed by atoms with E-state index in [2.05, 4.69) is 4.98 Å². The zero-order chi connectivity index (χ0) is 17.6. The Kier molecular flexibility index (Phi) is 4.23. The lowest BCUT2D eigenvalue weighted by molar-refractivity contribution is 0.0509. The molecular weight excluding hydrogens is 339 g/mol. The third kappa shape index (κ3) is 3.03. The van der Waals surface area contributed by atoms with E-state index in [1.165, 1.54) is 23.5 Å². The zero-order valence-electron chi connectivity index (χ0n) is 14.4. The number of aryl methyl sites for hydroxylation is 2. The van der Waals surface area contributed by atoms with Crippen LogP contribution in [0, 0.1) is 25.6 Å². The maximum absolute atomic E-state index is 13.1. The summed E-state index contributed by atoms with van der Waals surface area (Å²) in [5.41, 5.74) is 0.813. The highest BCUT2D eigenvalue weighted by Crippen LogP contribution is 2.43. The first-order chi connectivity index (χ1) is 12.0. The molecule has 1 aliphatic carbocycles. The standard InChI is InChI=1S/C19H21FN2O2S/c1-11-18(25-12(2)21-11)19(23)22-15-6-3-13(9-15)17(22)10-24-16-7-4-14(20)5-8-16/h4-5,7-8,13,15,17H,3,6,9-10H2,1-2H3/t13-,15+,17+/m0/s1. The molecule has 1 aromatic carbocycles. The molecule has 2 fully saturated rings. The average molecular weight is 360 g/mol. The molecule has 0 spiro atoms. The first-order valence-electron chi connectivity index (χ1n) is 8.68. The number of hydrogen-bond acceptors (Lipinski definition) is 4. The third-order valence-electron chi connectivity index (χ3n) is 5.31. The molecule has 0 unspecified atom stereocenters. The van der Waals surface area contributed by atoms with Gasteiger partial charge in [0.05, 0.1) is 16.7 Å². The molecule has 1 aliphatic heterocycles. The quantitative estimate of drug-likeness (QED) is 0.828. The lowest BCUT2D eigenvalue weighted by atomic mass is 9.99. The predicted molar refractivity (Wildman–Crippen MR) is 94.6 cm³/mol. The first-order valence-corrected chi connectivity index (χ1v) is 9.49. The van der Waals surface area contributed by atoms with Gasteiger partial charge in [-0.05, 0) is 63.3 Å². The van der Waals surface area contributed by atoms with Gasteiger partial charge in [0.1, 0.15) is 23.1 Å². The number of hydrogen-bond donors (Lipinski definition) is 0. The third-order valence-corrected chi connectivity index (χ3v) is 6.37. The summed E-state index contributed by atoms with van der Waals surface area (Å²) in [6.45, 7) is 4.28. The molecule has 3 atom stereocenters. The minimum absolute atomic E-state index is 0.0816. The molecule has 1 aromatic heterocycles. The summed E-state index contributed by atoms with van der Waals surface area (Å²) >= 11 is 1.47. The SMILES string of the molecule is Cc1nc(C)c(C(=O)N2[C@@H]3CC[C@@H](C3)[C@H]2COc2ccc(F)cc2)s1. The van der Waals surface area contributed by atoms with E-state index in [-0.39, 0.29) is 17.8 Å². The van der Waals surface area contributed by atoms with Crippen LogP contribution in [0.1, 0.15) is 39.6 Å². The fourth-order valence-corrected chi connectivity index (χ4v) is 5.05. The Balaban J connectivity index is 1.52. The summed E-state index contributed by atoms with van der Waals surface area (Å²) < 4.78 is 18.9. The van der Waals surface area contributed by atoms with Crippen molar-refractivity contribution in [2.45, 2.75) is 45.2 Å². The zero-order valence-corrected chi connectivity index (χ0v) is 15.2. The molecular formula is C19H21FN2O2S. The van der Waals surface area contributed by atoms with E-state index in [1.807, 2.05) is 18.7 Å². The lowest BCUT2D eigenvalue weighted by Crippen LogP contribution is -2.47. The van der Waals surface area contributed by atoms with Crippen molar-refractivity contribution in [2.24, 2.45) is 5.92 Å². The van der Waals surface area contributed by atoms with Crippen LogP contribution < -0.4 is 4.74 Å². The molecule has 0 N–H and O–H groups in total. The van der Waals surface area contributed by atoms with E-state index >= 15 is 0 Å². The number of piperidine rings is 1. The van der Waals surface area contributed by atoms with E-state index in [1.54, 1.807) is 12.1 Å². The fraction of sp³-hybridized carbons (Fsp3) is 0.474. The van der Waals surface area contributed by atoms with E-state index in [0.29, 0.717) is 24.3 Å². The van der Waals surface area contributed by atoms with Gasteiger partial charge in [-0.1, -0.05) is 0 Å². The van der Waals surface area contributed by atoms with Crippen LogP contribution in [0.2, 0.25) is 0 Å². The molecule has 2 aliphatic rings. The number of ether oxygens (including phenoxy) is 1. The lowest BCUT2D eigenvalue weighted by Gasteiger charge is -2.35. The molecule has 25 heavy (non-hydrogen) atoms. The van der Waals surface area contributed by atoms with Gasteiger partial charge in [-0.3, -0.25) is 4.79 Å². The van der Waals surface area contributed by atoms with Crippen molar-refractivity contribution >= 4 is 17.2 Å². The van der Waals surface area contributed by atoms with E-state index in [4.69, 9.17) is 4.74 Å². The number of carbonyl (C=O) groups excluding carboxylic acids is 1. The summed E-state index contributed by atoms with van der Waals surface area (Å²) in [6.07, 6.45) is 3.27. The maximum Gasteiger partial charge on any atom is 0.266 e. The van der Waals surface area contributed by atoms with E-state index in [0.717, 1.165) is 34.8 Å². The Morgan fingerprint density at radius 1 is 1.32 bits per heavy atom. The van der Waals surface area contributed by atoms with Crippen molar-refractivity contribution in [2.75, 3.05) is 6.61 Å².